The number of aromatic hydroxyl groups is 1. The van der Waals surface area contributed by atoms with Crippen LogP contribution in [0.25, 0.3) is 0 Å². The van der Waals surface area contributed by atoms with Gasteiger partial charge in [-0.25, -0.2) is 5.43 Å². The lowest BCUT2D eigenvalue weighted by atomic mass is 10.2. The number of phenolic OH excluding ortho intramolecular Hbond substituents is 1. The summed E-state index contributed by atoms with van der Waals surface area (Å²) in [6, 6.07) is 12.0. The highest BCUT2D eigenvalue weighted by molar-refractivity contribution is 14.1. The van der Waals surface area contributed by atoms with E-state index in [0.29, 0.717) is 17.0 Å². The number of halogens is 1. The van der Waals surface area contributed by atoms with Gasteiger partial charge in [0.2, 0.25) is 11.8 Å². The minimum absolute atomic E-state index is 0.00235. The molecule has 26 heavy (non-hydrogen) atoms. The number of amides is 2. The number of carbonyl (C=O) groups is 2. The molecular weight excluding hydrogens is 449 g/mol. The highest BCUT2D eigenvalue weighted by Gasteiger charge is 2.07. The van der Waals surface area contributed by atoms with Crippen LogP contribution in [0.4, 0.5) is 5.69 Å². The van der Waals surface area contributed by atoms with Crippen molar-refractivity contribution in [3.8, 4) is 11.5 Å². The van der Waals surface area contributed by atoms with Gasteiger partial charge in [-0.3, -0.25) is 9.59 Å². The molecule has 3 N–H and O–H groups in total. The van der Waals surface area contributed by atoms with Crippen LogP contribution in [0, 0.1) is 3.57 Å². The van der Waals surface area contributed by atoms with Gasteiger partial charge in [0.15, 0.2) is 0 Å². The zero-order valence-electron chi connectivity index (χ0n) is 14.0. The molecular formula is C18H18IN3O4. The molecule has 0 saturated heterocycles. The molecule has 2 amide bonds. The maximum atomic E-state index is 11.8. The predicted octanol–water partition coefficient (Wildman–Crippen LogP) is 2.87. The molecule has 136 valence electrons. The largest absolute Gasteiger partial charge is 0.507 e. The molecule has 8 heteroatoms. The number of carbonyl (C=O) groups excluding carboxylic acids is 2. The first kappa shape index (κ1) is 19.7. The van der Waals surface area contributed by atoms with Gasteiger partial charge in [-0.2, -0.15) is 5.10 Å². The van der Waals surface area contributed by atoms with Gasteiger partial charge in [0.1, 0.15) is 11.5 Å². The van der Waals surface area contributed by atoms with Gasteiger partial charge >= 0.3 is 0 Å². The summed E-state index contributed by atoms with van der Waals surface area (Å²) >= 11 is 2.18. The Balaban J connectivity index is 1.78. The summed E-state index contributed by atoms with van der Waals surface area (Å²) in [6.45, 7) is 0. The maximum absolute atomic E-state index is 11.8. The third kappa shape index (κ3) is 6.36. The standard InChI is InChI=1S/C18H18IN3O4/c1-26-15-6-7-16(23)12(10-15)11-20-22-18(25)9-8-17(24)21-14-4-2-13(19)3-5-14/h2-7,10-11,23H,8-9H2,1H3,(H,21,24)(H,22,25)/b20-11-. The van der Waals surface area contributed by atoms with Crippen molar-refractivity contribution in [1.29, 1.82) is 0 Å². The predicted molar refractivity (Wildman–Crippen MR) is 107 cm³/mol. The van der Waals surface area contributed by atoms with Crippen molar-refractivity contribution >= 4 is 46.3 Å². The molecule has 0 aliphatic rings. The Morgan fingerprint density at radius 2 is 1.85 bits per heavy atom. The van der Waals surface area contributed by atoms with E-state index in [9.17, 15) is 14.7 Å². The van der Waals surface area contributed by atoms with Gasteiger partial charge in [0.25, 0.3) is 0 Å². The summed E-state index contributed by atoms with van der Waals surface area (Å²) < 4.78 is 6.12. The topological polar surface area (TPSA) is 100 Å². The lowest BCUT2D eigenvalue weighted by Crippen LogP contribution is -2.20. The molecule has 0 heterocycles. The monoisotopic (exact) mass is 467 g/mol. The van der Waals surface area contributed by atoms with Crippen molar-refractivity contribution in [2.75, 3.05) is 12.4 Å². The highest BCUT2D eigenvalue weighted by atomic mass is 127. The van der Waals surface area contributed by atoms with E-state index >= 15 is 0 Å². The lowest BCUT2D eigenvalue weighted by molar-refractivity contribution is -0.124. The van der Waals surface area contributed by atoms with Crippen molar-refractivity contribution < 1.29 is 19.4 Å². The van der Waals surface area contributed by atoms with Crippen molar-refractivity contribution in [3.05, 3.63) is 51.6 Å². The number of hydrogen-bond acceptors (Lipinski definition) is 5. The van der Waals surface area contributed by atoms with Gasteiger partial charge in [-0.1, -0.05) is 0 Å². The van der Waals surface area contributed by atoms with E-state index < -0.39 is 5.91 Å². The number of phenols is 1. The Hall–Kier alpha value is -2.62. The minimum atomic E-state index is -0.401. The van der Waals surface area contributed by atoms with Crippen LogP contribution in [0.3, 0.4) is 0 Å². The van der Waals surface area contributed by atoms with Gasteiger partial charge in [-0.05, 0) is 65.1 Å². The number of rotatable bonds is 7. The van der Waals surface area contributed by atoms with Crippen LogP contribution in [-0.4, -0.2) is 30.2 Å². The van der Waals surface area contributed by atoms with E-state index in [0.717, 1.165) is 3.57 Å². The average molecular weight is 467 g/mol. The minimum Gasteiger partial charge on any atom is -0.507 e. The molecule has 0 aromatic heterocycles. The van der Waals surface area contributed by atoms with Crippen molar-refractivity contribution in [2.24, 2.45) is 5.10 Å². The lowest BCUT2D eigenvalue weighted by Gasteiger charge is -2.05. The van der Waals surface area contributed by atoms with Crippen molar-refractivity contribution in [1.82, 2.24) is 5.43 Å². The summed E-state index contributed by atoms with van der Waals surface area (Å²) in [6.07, 6.45) is 1.34. The van der Waals surface area contributed by atoms with E-state index in [4.69, 9.17) is 4.74 Å². The van der Waals surface area contributed by atoms with E-state index in [1.54, 1.807) is 24.3 Å². The number of methoxy groups -OCH3 is 1. The Labute approximate surface area is 164 Å². The third-order valence-electron chi connectivity index (χ3n) is 3.33. The number of anilines is 1. The molecule has 0 bridgehead atoms. The zero-order valence-corrected chi connectivity index (χ0v) is 16.2. The highest BCUT2D eigenvalue weighted by Crippen LogP contribution is 2.20. The Bertz CT molecular complexity index is 807. The molecule has 0 atom stereocenters. The van der Waals surface area contributed by atoms with E-state index in [2.05, 4.69) is 38.4 Å². The molecule has 7 nitrogen and oxygen atoms in total. The van der Waals surface area contributed by atoms with Crippen molar-refractivity contribution in [3.63, 3.8) is 0 Å². The fourth-order valence-electron chi connectivity index (χ4n) is 1.98. The van der Waals surface area contributed by atoms with E-state index in [-0.39, 0.29) is 24.5 Å². The fourth-order valence-corrected chi connectivity index (χ4v) is 2.34. The van der Waals surface area contributed by atoms with Gasteiger partial charge in [0.05, 0.1) is 13.3 Å². The van der Waals surface area contributed by atoms with Gasteiger partial charge in [-0.15, -0.1) is 0 Å². The molecule has 0 aliphatic heterocycles. The summed E-state index contributed by atoms with van der Waals surface area (Å²) in [7, 11) is 1.51. The fraction of sp³-hybridized carbons (Fsp3) is 0.167. The first-order valence-corrected chi connectivity index (χ1v) is 8.80. The first-order chi connectivity index (χ1) is 12.5. The molecule has 0 radical (unpaired) electrons. The second-order valence-corrected chi connectivity index (χ2v) is 6.52. The van der Waals surface area contributed by atoms with Crippen LogP contribution in [0.5, 0.6) is 11.5 Å². The smallest absolute Gasteiger partial charge is 0.240 e. The van der Waals surface area contributed by atoms with Crippen LogP contribution >= 0.6 is 22.6 Å². The van der Waals surface area contributed by atoms with Crippen LogP contribution in [0.15, 0.2) is 47.6 Å². The molecule has 2 aromatic rings. The SMILES string of the molecule is COc1ccc(O)c(/C=N\NC(=O)CCC(=O)Nc2ccc(I)cc2)c1. The molecule has 0 spiro atoms. The number of nitrogens with one attached hydrogen (secondary N) is 2. The Kier molecular flexibility index (Phi) is 7.39. The summed E-state index contributed by atoms with van der Waals surface area (Å²) in [5.74, 6) is -0.0827. The number of benzene rings is 2. The summed E-state index contributed by atoms with van der Waals surface area (Å²) in [5.41, 5.74) is 3.41. The molecule has 0 saturated carbocycles. The molecule has 2 aromatic carbocycles. The Morgan fingerprint density at radius 3 is 2.54 bits per heavy atom. The van der Waals surface area contributed by atoms with Gasteiger partial charge in [0, 0.05) is 27.7 Å². The number of hydrogen-bond donors (Lipinski definition) is 3. The Morgan fingerprint density at radius 1 is 1.15 bits per heavy atom. The molecule has 0 unspecified atom stereocenters. The first-order valence-electron chi connectivity index (χ1n) is 7.72. The molecule has 2 rings (SSSR count). The summed E-state index contributed by atoms with van der Waals surface area (Å²) in [4.78, 5) is 23.6. The molecule has 0 fully saturated rings. The quantitative estimate of drug-likeness (QED) is 0.331. The van der Waals surface area contributed by atoms with Crippen molar-refractivity contribution in [2.45, 2.75) is 12.8 Å². The number of ether oxygens (including phenoxy) is 1. The van der Waals surface area contributed by atoms with Crippen LogP contribution in [0.2, 0.25) is 0 Å². The van der Waals surface area contributed by atoms with E-state index in [1.807, 2.05) is 12.1 Å². The summed E-state index contributed by atoms with van der Waals surface area (Å²) in [5, 5.41) is 16.2. The third-order valence-corrected chi connectivity index (χ3v) is 4.05. The zero-order chi connectivity index (χ0) is 18.9. The number of hydrazone groups is 1. The van der Waals surface area contributed by atoms with Crippen LogP contribution < -0.4 is 15.5 Å². The number of nitrogens with zero attached hydrogens (tertiary/aromatic N) is 1. The van der Waals surface area contributed by atoms with Crippen LogP contribution in [0.1, 0.15) is 18.4 Å². The second-order valence-electron chi connectivity index (χ2n) is 5.27. The normalized spacial score (nSPS) is 10.5. The maximum Gasteiger partial charge on any atom is 0.240 e. The van der Waals surface area contributed by atoms with Gasteiger partial charge < -0.3 is 15.2 Å². The average Bonchev–Trinajstić information content (AvgIpc) is 2.63. The second kappa shape index (κ2) is 9.76. The molecule has 0 aliphatic carbocycles. The van der Waals surface area contributed by atoms with Crippen LogP contribution in [-0.2, 0) is 9.59 Å². The van der Waals surface area contributed by atoms with E-state index in [1.165, 1.54) is 19.4 Å².